The first kappa shape index (κ1) is 24.4. The maximum Gasteiger partial charge on any atom is 0.215 e. The minimum atomic E-state index is -3.29. The second-order valence-electron chi connectivity index (χ2n) is 6.91. The van der Waals surface area contributed by atoms with Crippen molar-refractivity contribution in [2.24, 2.45) is 4.99 Å². The predicted octanol–water partition coefficient (Wildman–Crippen LogP) is 2.41. The van der Waals surface area contributed by atoms with Gasteiger partial charge in [-0.1, -0.05) is 42.5 Å². The molecule has 1 unspecified atom stereocenters. The van der Waals surface area contributed by atoms with E-state index < -0.39 is 10.0 Å². The van der Waals surface area contributed by atoms with Crippen molar-refractivity contribution >= 4 is 40.0 Å². The van der Waals surface area contributed by atoms with Crippen molar-refractivity contribution in [3.63, 3.8) is 0 Å². The van der Waals surface area contributed by atoms with Gasteiger partial charge in [-0.3, -0.25) is 0 Å². The van der Waals surface area contributed by atoms with Gasteiger partial charge in [-0.05, 0) is 36.7 Å². The number of rotatable bonds is 8. The Hall–Kier alpha value is -1.85. The van der Waals surface area contributed by atoms with E-state index in [0.717, 1.165) is 29.8 Å². The lowest BCUT2D eigenvalue weighted by Crippen LogP contribution is -2.42. The first-order chi connectivity index (χ1) is 14.0. The molecule has 0 bridgehead atoms. The SMILES string of the molecule is CCNC(=NCc1cccc(CS(=O)(=O)NC)c1)NCC1Cc2ccccc2O1.I. The minimum absolute atomic E-state index is 0. The van der Waals surface area contributed by atoms with Crippen LogP contribution in [0, 0.1) is 0 Å². The Balaban J connectivity index is 0.00000320. The number of aliphatic imine (C=N–C) groups is 1. The zero-order chi connectivity index (χ0) is 20.7. The third-order valence-corrected chi connectivity index (χ3v) is 5.97. The summed E-state index contributed by atoms with van der Waals surface area (Å²) in [5.41, 5.74) is 2.92. The number of halogens is 1. The normalized spacial score (nSPS) is 15.7. The number of hydrogen-bond donors (Lipinski definition) is 3. The van der Waals surface area contributed by atoms with Gasteiger partial charge < -0.3 is 15.4 Å². The molecule has 0 saturated heterocycles. The summed E-state index contributed by atoms with van der Waals surface area (Å²) in [6, 6.07) is 15.6. The van der Waals surface area contributed by atoms with E-state index >= 15 is 0 Å². The molecule has 0 fully saturated rings. The third kappa shape index (κ3) is 7.13. The van der Waals surface area contributed by atoms with E-state index in [-0.39, 0.29) is 35.8 Å². The van der Waals surface area contributed by atoms with E-state index in [1.807, 2.05) is 43.3 Å². The molecular weight excluding hydrogens is 515 g/mol. The summed E-state index contributed by atoms with van der Waals surface area (Å²) in [6.07, 6.45) is 0.955. The number of fused-ring (bicyclic) bond motifs is 1. The molecule has 0 radical (unpaired) electrons. The fraction of sp³-hybridized carbons (Fsp3) is 0.381. The molecule has 2 aromatic rings. The monoisotopic (exact) mass is 544 g/mol. The summed E-state index contributed by atoms with van der Waals surface area (Å²) in [5, 5.41) is 6.58. The average Bonchev–Trinajstić information content (AvgIpc) is 3.13. The molecule has 0 aliphatic carbocycles. The van der Waals surface area contributed by atoms with Crippen molar-refractivity contribution in [2.45, 2.75) is 31.7 Å². The lowest BCUT2D eigenvalue weighted by Gasteiger charge is -2.15. The molecule has 9 heteroatoms. The Kier molecular flexibility index (Phi) is 9.37. The molecule has 0 amide bonds. The van der Waals surface area contributed by atoms with Gasteiger partial charge in [-0.15, -0.1) is 24.0 Å². The Morgan fingerprint density at radius 1 is 1.13 bits per heavy atom. The molecule has 0 aromatic heterocycles. The van der Waals surface area contributed by atoms with Gasteiger partial charge in [0.25, 0.3) is 0 Å². The zero-order valence-corrected chi connectivity index (χ0v) is 20.4. The molecule has 1 aliphatic rings. The lowest BCUT2D eigenvalue weighted by molar-refractivity contribution is 0.235. The molecule has 7 nitrogen and oxygen atoms in total. The van der Waals surface area contributed by atoms with E-state index in [2.05, 4.69) is 26.4 Å². The summed E-state index contributed by atoms with van der Waals surface area (Å²) in [6.45, 7) is 3.87. The summed E-state index contributed by atoms with van der Waals surface area (Å²) < 4.78 is 31.8. The smallest absolute Gasteiger partial charge is 0.215 e. The van der Waals surface area contributed by atoms with E-state index in [1.54, 1.807) is 6.07 Å². The maximum atomic E-state index is 11.8. The van der Waals surface area contributed by atoms with Gasteiger partial charge in [0.2, 0.25) is 10.0 Å². The standard InChI is InChI=1S/C21H28N4O3S.HI/c1-3-23-21(25-14-19-12-18-9-4-5-10-20(18)28-19)24-13-16-7-6-8-17(11-16)15-29(26,27)22-2;/h4-11,19,22H,3,12-15H2,1-2H3,(H2,23,24,25);1H. The van der Waals surface area contributed by atoms with Crippen LogP contribution in [0.1, 0.15) is 23.6 Å². The number of sulfonamides is 1. The van der Waals surface area contributed by atoms with Crippen molar-refractivity contribution in [1.82, 2.24) is 15.4 Å². The van der Waals surface area contributed by atoms with Gasteiger partial charge in [0.05, 0.1) is 18.8 Å². The molecule has 3 N–H and O–H groups in total. The minimum Gasteiger partial charge on any atom is -0.488 e. The van der Waals surface area contributed by atoms with Crippen LogP contribution in [0.15, 0.2) is 53.5 Å². The molecule has 1 heterocycles. The largest absolute Gasteiger partial charge is 0.488 e. The van der Waals surface area contributed by atoms with Crippen LogP contribution in [0.5, 0.6) is 5.75 Å². The molecule has 3 rings (SSSR count). The van der Waals surface area contributed by atoms with Crippen molar-refractivity contribution in [3.8, 4) is 5.75 Å². The maximum absolute atomic E-state index is 11.8. The van der Waals surface area contributed by atoms with Crippen LogP contribution >= 0.6 is 24.0 Å². The summed E-state index contributed by atoms with van der Waals surface area (Å²) in [5.74, 6) is 1.62. The number of para-hydroxylation sites is 1. The third-order valence-electron chi connectivity index (χ3n) is 4.63. The first-order valence-electron chi connectivity index (χ1n) is 9.75. The first-order valence-corrected chi connectivity index (χ1v) is 11.4. The van der Waals surface area contributed by atoms with Crippen LogP contribution < -0.4 is 20.1 Å². The predicted molar refractivity (Wildman–Crippen MR) is 131 cm³/mol. The van der Waals surface area contributed by atoms with E-state index in [9.17, 15) is 8.42 Å². The van der Waals surface area contributed by atoms with Gasteiger partial charge >= 0.3 is 0 Å². The molecule has 164 valence electrons. The highest BCUT2D eigenvalue weighted by molar-refractivity contribution is 14.0. The van der Waals surface area contributed by atoms with Crippen molar-refractivity contribution in [2.75, 3.05) is 20.1 Å². The summed E-state index contributed by atoms with van der Waals surface area (Å²) >= 11 is 0. The van der Waals surface area contributed by atoms with Crippen molar-refractivity contribution in [3.05, 3.63) is 65.2 Å². The lowest BCUT2D eigenvalue weighted by atomic mass is 10.1. The fourth-order valence-electron chi connectivity index (χ4n) is 3.20. The Bertz CT molecular complexity index is 941. The number of hydrogen-bond acceptors (Lipinski definition) is 4. The second kappa shape index (κ2) is 11.5. The number of nitrogens with one attached hydrogen (secondary N) is 3. The zero-order valence-electron chi connectivity index (χ0n) is 17.2. The molecule has 0 saturated carbocycles. The molecular formula is C21H29IN4O3S. The molecule has 30 heavy (non-hydrogen) atoms. The van der Waals surface area contributed by atoms with Crippen molar-refractivity contribution < 1.29 is 13.2 Å². The number of benzene rings is 2. The van der Waals surface area contributed by atoms with E-state index in [0.29, 0.717) is 19.0 Å². The summed E-state index contributed by atoms with van der Waals surface area (Å²) in [7, 11) is -1.87. The van der Waals surface area contributed by atoms with Crippen LogP contribution in [0.25, 0.3) is 0 Å². The average molecular weight is 544 g/mol. The van der Waals surface area contributed by atoms with Gasteiger partial charge in [0.1, 0.15) is 11.9 Å². The molecule has 1 atom stereocenters. The number of nitrogens with zero attached hydrogens (tertiary/aromatic N) is 1. The quantitative estimate of drug-likeness (QED) is 0.270. The highest BCUT2D eigenvalue weighted by Gasteiger charge is 2.22. The van der Waals surface area contributed by atoms with Crippen LogP contribution in [0.4, 0.5) is 0 Å². The van der Waals surface area contributed by atoms with Gasteiger partial charge in [-0.25, -0.2) is 18.1 Å². The Labute approximate surface area is 195 Å². The summed E-state index contributed by atoms with van der Waals surface area (Å²) in [4.78, 5) is 4.63. The highest BCUT2D eigenvalue weighted by Crippen LogP contribution is 2.27. The molecule has 0 spiro atoms. The fourth-order valence-corrected chi connectivity index (χ4v) is 3.96. The van der Waals surface area contributed by atoms with Crippen LogP contribution in [-0.4, -0.2) is 40.6 Å². The van der Waals surface area contributed by atoms with E-state index in [1.165, 1.54) is 12.6 Å². The van der Waals surface area contributed by atoms with Crippen LogP contribution in [0.2, 0.25) is 0 Å². The second-order valence-corrected chi connectivity index (χ2v) is 8.84. The van der Waals surface area contributed by atoms with Gasteiger partial charge in [0.15, 0.2) is 5.96 Å². The van der Waals surface area contributed by atoms with Crippen LogP contribution in [-0.2, 0) is 28.7 Å². The molecule has 2 aromatic carbocycles. The van der Waals surface area contributed by atoms with Crippen LogP contribution in [0.3, 0.4) is 0 Å². The van der Waals surface area contributed by atoms with Crippen molar-refractivity contribution in [1.29, 1.82) is 0 Å². The van der Waals surface area contributed by atoms with Gasteiger partial charge in [-0.2, -0.15) is 0 Å². The number of guanidine groups is 1. The topological polar surface area (TPSA) is 91.8 Å². The highest BCUT2D eigenvalue weighted by atomic mass is 127. The Morgan fingerprint density at radius 2 is 1.90 bits per heavy atom. The number of ether oxygens (including phenoxy) is 1. The van der Waals surface area contributed by atoms with E-state index in [4.69, 9.17) is 4.74 Å². The molecule has 1 aliphatic heterocycles. The Morgan fingerprint density at radius 3 is 2.63 bits per heavy atom. The van der Waals surface area contributed by atoms with Gasteiger partial charge in [0, 0.05) is 13.0 Å².